The van der Waals surface area contributed by atoms with Gasteiger partial charge in [0.2, 0.25) is 0 Å². The van der Waals surface area contributed by atoms with Gasteiger partial charge in [0.05, 0.1) is 6.10 Å². The molecule has 2 atom stereocenters. The predicted molar refractivity (Wildman–Crippen MR) is 121 cm³/mol. The molecule has 2 rings (SSSR count). The molecule has 1 N–H and O–H groups in total. The number of benzene rings is 1. The molecule has 1 aromatic rings. The van der Waals surface area contributed by atoms with Crippen LogP contribution in [0, 0.1) is 17.3 Å². The zero-order chi connectivity index (χ0) is 19.9. The smallest absolute Gasteiger partial charge is 0.171 e. The van der Waals surface area contributed by atoms with Crippen molar-refractivity contribution in [3.05, 3.63) is 48.6 Å². The summed E-state index contributed by atoms with van der Waals surface area (Å²) in [6, 6.07) is 11.3. The van der Waals surface area contributed by atoms with E-state index in [1.54, 1.807) is 0 Å². The van der Waals surface area contributed by atoms with Gasteiger partial charge in [0.1, 0.15) is 0 Å². The second-order valence-corrected chi connectivity index (χ2v) is 12.0. The van der Waals surface area contributed by atoms with Gasteiger partial charge in [-0.05, 0) is 68.0 Å². The van der Waals surface area contributed by atoms with E-state index in [-0.39, 0.29) is 5.41 Å². The zero-order valence-corrected chi connectivity index (χ0v) is 19.4. The maximum absolute atomic E-state index is 6.51. The Morgan fingerprint density at radius 1 is 1.11 bits per heavy atom. The first-order valence-electron chi connectivity index (χ1n) is 10.8. The molecule has 152 valence electrons. The van der Waals surface area contributed by atoms with Crippen LogP contribution in [-0.2, 0) is 11.0 Å². The molecule has 0 aliphatic heterocycles. The first-order valence-corrected chi connectivity index (χ1v) is 13.6. The van der Waals surface area contributed by atoms with Crippen molar-refractivity contribution in [2.24, 2.45) is 17.3 Å². The maximum Gasteiger partial charge on any atom is 0.171 e. The fourth-order valence-electron chi connectivity index (χ4n) is 4.63. The molecule has 1 aliphatic rings. The van der Waals surface area contributed by atoms with Gasteiger partial charge in [-0.2, -0.15) is 0 Å². The molecular weight excluding hydrogens is 346 g/mol. The summed E-state index contributed by atoms with van der Waals surface area (Å²) in [6.45, 7) is 16.6. The van der Waals surface area contributed by atoms with Crippen molar-refractivity contribution in [2.75, 3.05) is 0 Å². The van der Waals surface area contributed by atoms with Crippen molar-refractivity contribution in [3.8, 4) is 0 Å². The fourth-order valence-corrected chi connectivity index (χ4v) is 5.85. The van der Waals surface area contributed by atoms with E-state index in [0.717, 1.165) is 24.8 Å². The number of rotatable bonds is 9. The van der Waals surface area contributed by atoms with E-state index in [1.165, 1.54) is 31.2 Å². The molecule has 0 radical (unpaired) electrons. The molecule has 0 aromatic heterocycles. The standard InChI is InChI=1S/C24H41NOSi/c1-7-11-22(25-18-19-12-9-8-10-13-19)20-14-16-21(17-15-20)23(24(2,3)4)26-27(5)6/h7-10,12-13,20-23,25,27H,1,11,14-18H2,2-6H3/t20?,21?,22-,23+/m1/s1. The average Bonchev–Trinajstić information content (AvgIpc) is 2.63. The van der Waals surface area contributed by atoms with Crippen LogP contribution in [0.4, 0.5) is 0 Å². The average molecular weight is 388 g/mol. The first kappa shape index (κ1) is 22.4. The number of hydrogen-bond acceptors (Lipinski definition) is 2. The molecule has 27 heavy (non-hydrogen) atoms. The van der Waals surface area contributed by atoms with Crippen molar-refractivity contribution in [1.82, 2.24) is 5.32 Å². The van der Waals surface area contributed by atoms with E-state index in [2.05, 4.69) is 82.2 Å². The molecule has 0 heterocycles. The summed E-state index contributed by atoms with van der Waals surface area (Å²) in [4.78, 5) is 0. The second-order valence-electron chi connectivity index (χ2n) is 9.64. The fraction of sp³-hybridized carbons (Fsp3) is 0.667. The third kappa shape index (κ3) is 7.21. The summed E-state index contributed by atoms with van der Waals surface area (Å²) in [6.07, 6.45) is 8.77. The Balaban J connectivity index is 1.93. The lowest BCUT2D eigenvalue weighted by Gasteiger charge is -2.43. The van der Waals surface area contributed by atoms with E-state index in [4.69, 9.17) is 4.43 Å². The highest BCUT2D eigenvalue weighted by atomic mass is 28.3. The van der Waals surface area contributed by atoms with Crippen LogP contribution in [0.25, 0.3) is 0 Å². The lowest BCUT2D eigenvalue weighted by molar-refractivity contribution is 0.00856. The Morgan fingerprint density at radius 3 is 2.22 bits per heavy atom. The van der Waals surface area contributed by atoms with Gasteiger partial charge in [0.25, 0.3) is 0 Å². The lowest BCUT2D eigenvalue weighted by atomic mass is 9.70. The van der Waals surface area contributed by atoms with Gasteiger partial charge in [0, 0.05) is 12.6 Å². The third-order valence-corrected chi connectivity index (χ3v) is 6.76. The van der Waals surface area contributed by atoms with E-state index in [0.29, 0.717) is 12.1 Å². The Morgan fingerprint density at radius 2 is 1.70 bits per heavy atom. The van der Waals surface area contributed by atoms with Crippen LogP contribution in [0.3, 0.4) is 0 Å². The van der Waals surface area contributed by atoms with Gasteiger partial charge in [0.15, 0.2) is 9.04 Å². The zero-order valence-electron chi connectivity index (χ0n) is 18.2. The van der Waals surface area contributed by atoms with E-state index < -0.39 is 9.04 Å². The van der Waals surface area contributed by atoms with Gasteiger partial charge in [-0.3, -0.25) is 0 Å². The van der Waals surface area contributed by atoms with Gasteiger partial charge < -0.3 is 9.74 Å². The maximum atomic E-state index is 6.51. The summed E-state index contributed by atoms with van der Waals surface area (Å²) in [5.74, 6) is 1.47. The van der Waals surface area contributed by atoms with Gasteiger partial charge in [-0.1, -0.05) is 57.2 Å². The molecule has 0 saturated heterocycles. The predicted octanol–water partition coefficient (Wildman–Crippen LogP) is 5.94. The Kier molecular flexibility index (Phi) is 8.78. The molecular formula is C24H41NOSi. The Hall–Kier alpha value is -0.903. The first-order chi connectivity index (χ1) is 12.8. The summed E-state index contributed by atoms with van der Waals surface area (Å²) in [5, 5.41) is 3.82. The molecule has 0 bridgehead atoms. The van der Waals surface area contributed by atoms with Crippen LogP contribution in [0.15, 0.2) is 43.0 Å². The Labute approximate surface area is 169 Å². The van der Waals surface area contributed by atoms with Crippen LogP contribution in [0.2, 0.25) is 13.1 Å². The van der Waals surface area contributed by atoms with E-state index >= 15 is 0 Å². The van der Waals surface area contributed by atoms with Gasteiger partial charge in [-0.15, -0.1) is 6.58 Å². The van der Waals surface area contributed by atoms with Crippen molar-refractivity contribution < 1.29 is 4.43 Å². The minimum absolute atomic E-state index is 0.237. The van der Waals surface area contributed by atoms with Crippen LogP contribution < -0.4 is 5.32 Å². The molecule has 3 heteroatoms. The lowest BCUT2D eigenvalue weighted by Crippen LogP contribution is -2.43. The Bertz CT molecular complexity index is 543. The summed E-state index contributed by atoms with van der Waals surface area (Å²) in [7, 11) is -1.02. The highest BCUT2D eigenvalue weighted by Gasteiger charge is 2.37. The van der Waals surface area contributed by atoms with E-state index in [9.17, 15) is 0 Å². The molecule has 1 aliphatic carbocycles. The largest absolute Gasteiger partial charge is 0.417 e. The molecule has 0 amide bonds. The monoisotopic (exact) mass is 387 g/mol. The molecule has 1 saturated carbocycles. The van der Waals surface area contributed by atoms with Crippen LogP contribution in [-0.4, -0.2) is 21.2 Å². The van der Waals surface area contributed by atoms with Crippen LogP contribution in [0.1, 0.15) is 58.4 Å². The van der Waals surface area contributed by atoms with Crippen molar-refractivity contribution >= 4 is 9.04 Å². The molecule has 2 nitrogen and oxygen atoms in total. The SMILES string of the molecule is C=CC[C@@H](NCc1ccccc1)C1CCC([C@H](O[SiH](C)C)C(C)(C)C)CC1. The van der Waals surface area contributed by atoms with Crippen LogP contribution in [0.5, 0.6) is 0 Å². The van der Waals surface area contributed by atoms with Gasteiger partial charge in [-0.25, -0.2) is 0 Å². The number of nitrogens with one attached hydrogen (secondary N) is 1. The summed E-state index contributed by atoms with van der Waals surface area (Å²) in [5.41, 5.74) is 1.60. The van der Waals surface area contributed by atoms with E-state index in [1.807, 2.05) is 0 Å². The van der Waals surface area contributed by atoms with Crippen LogP contribution >= 0.6 is 0 Å². The summed E-state index contributed by atoms with van der Waals surface area (Å²) >= 11 is 0. The summed E-state index contributed by atoms with van der Waals surface area (Å²) < 4.78 is 6.51. The molecule has 1 fully saturated rings. The van der Waals surface area contributed by atoms with Gasteiger partial charge >= 0.3 is 0 Å². The normalized spacial score (nSPS) is 23.2. The topological polar surface area (TPSA) is 21.3 Å². The minimum atomic E-state index is -1.02. The quantitative estimate of drug-likeness (QED) is 0.418. The van der Waals surface area contributed by atoms with Crippen molar-refractivity contribution in [2.45, 2.75) is 84.7 Å². The van der Waals surface area contributed by atoms with Crippen molar-refractivity contribution in [1.29, 1.82) is 0 Å². The molecule has 0 spiro atoms. The van der Waals surface area contributed by atoms with Crippen molar-refractivity contribution in [3.63, 3.8) is 0 Å². The third-order valence-electron chi connectivity index (χ3n) is 5.92. The minimum Gasteiger partial charge on any atom is -0.417 e. The highest BCUT2D eigenvalue weighted by Crippen LogP contribution is 2.40. The molecule has 0 unspecified atom stereocenters. The number of hydrogen-bond donors (Lipinski definition) is 1. The molecule has 1 aromatic carbocycles. The highest BCUT2D eigenvalue weighted by molar-refractivity contribution is 6.48. The second kappa shape index (κ2) is 10.6.